The standard InChI is InChI=1S/C14H17F2NO3S/c1-3-8(2)11(13(19)20)17-12(18)9-4-6-10(7-5-9)21-14(15)16/h4-8,11,14H,3H2,1-2H3,(H,17,18)(H,19,20). The minimum absolute atomic E-state index is 0.208. The molecule has 1 rings (SSSR count). The van der Waals surface area contributed by atoms with Gasteiger partial charge in [-0.3, -0.25) is 4.79 Å². The van der Waals surface area contributed by atoms with Crippen molar-refractivity contribution >= 4 is 23.6 Å². The molecule has 21 heavy (non-hydrogen) atoms. The van der Waals surface area contributed by atoms with E-state index in [-0.39, 0.29) is 11.5 Å². The second-order valence-electron chi connectivity index (χ2n) is 4.58. The van der Waals surface area contributed by atoms with Crippen LogP contribution in [-0.4, -0.2) is 28.8 Å². The molecule has 2 unspecified atom stereocenters. The Hall–Kier alpha value is -1.63. The number of thioether (sulfide) groups is 1. The van der Waals surface area contributed by atoms with Crippen LogP contribution in [0.5, 0.6) is 0 Å². The highest BCUT2D eigenvalue weighted by Crippen LogP contribution is 2.25. The summed E-state index contributed by atoms with van der Waals surface area (Å²) in [5.74, 6) is -4.36. The zero-order valence-electron chi connectivity index (χ0n) is 11.7. The second-order valence-corrected chi connectivity index (χ2v) is 5.64. The number of rotatable bonds is 7. The predicted octanol–water partition coefficient (Wildman–Crippen LogP) is 3.23. The monoisotopic (exact) mass is 317 g/mol. The molecular formula is C14H17F2NO3S. The van der Waals surface area contributed by atoms with E-state index < -0.39 is 23.7 Å². The Labute approximate surface area is 125 Å². The number of aliphatic carboxylic acids is 1. The van der Waals surface area contributed by atoms with Crippen LogP contribution in [0, 0.1) is 5.92 Å². The second kappa shape index (κ2) is 7.97. The molecule has 0 spiro atoms. The lowest BCUT2D eigenvalue weighted by Gasteiger charge is -2.20. The maximum atomic E-state index is 12.2. The summed E-state index contributed by atoms with van der Waals surface area (Å²) in [5, 5.41) is 11.6. The molecule has 7 heteroatoms. The number of carbonyl (C=O) groups is 2. The number of carboxylic acids is 1. The van der Waals surface area contributed by atoms with Crippen LogP contribution in [0.15, 0.2) is 29.2 Å². The van der Waals surface area contributed by atoms with E-state index >= 15 is 0 Å². The van der Waals surface area contributed by atoms with Gasteiger partial charge in [-0.05, 0) is 30.2 Å². The van der Waals surface area contributed by atoms with Gasteiger partial charge < -0.3 is 10.4 Å². The fourth-order valence-electron chi connectivity index (χ4n) is 1.70. The van der Waals surface area contributed by atoms with Crippen LogP contribution in [0.4, 0.5) is 8.78 Å². The van der Waals surface area contributed by atoms with Gasteiger partial charge in [0.25, 0.3) is 11.7 Å². The number of amides is 1. The molecule has 0 heterocycles. The van der Waals surface area contributed by atoms with Crippen LogP contribution in [0.2, 0.25) is 0 Å². The molecule has 1 aromatic carbocycles. The number of carboxylic acid groups (broad SMARTS) is 1. The molecule has 0 bridgehead atoms. The topological polar surface area (TPSA) is 66.4 Å². The minimum Gasteiger partial charge on any atom is -0.480 e. The maximum Gasteiger partial charge on any atom is 0.326 e. The van der Waals surface area contributed by atoms with Gasteiger partial charge in [-0.1, -0.05) is 32.0 Å². The van der Waals surface area contributed by atoms with Gasteiger partial charge in [0, 0.05) is 10.5 Å². The first-order valence-electron chi connectivity index (χ1n) is 6.43. The molecule has 1 aromatic rings. The van der Waals surface area contributed by atoms with Gasteiger partial charge >= 0.3 is 5.97 Å². The summed E-state index contributed by atoms with van der Waals surface area (Å²) >= 11 is 0.387. The van der Waals surface area contributed by atoms with Gasteiger partial charge in [-0.25, -0.2) is 4.79 Å². The van der Waals surface area contributed by atoms with Crippen LogP contribution in [-0.2, 0) is 4.79 Å². The summed E-state index contributed by atoms with van der Waals surface area (Å²) in [7, 11) is 0. The molecule has 0 aliphatic rings. The highest BCUT2D eigenvalue weighted by atomic mass is 32.2. The molecule has 2 atom stereocenters. The summed E-state index contributed by atoms with van der Waals surface area (Å²) in [6.45, 7) is 3.57. The van der Waals surface area contributed by atoms with E-state index in [1.165, 1.54) is 24.3 Å². The Kier molecular flexibility index (Phi) is 6.61. The summed E-state index contributed by atoms with van der Waals surface area (Å²) in [6.07, 6.45) is 0.612. The Bertz CT molecular complexity index is 493. The lowest BCUT2D eigenvalue weighted by molar-refractivity contribution is -0.140. The zero-order chi connectivity index (χ0) is 16.0. The zero-order valence-corrected chi connectivity index (χ0v) is 12.5. The molecule has 0 aromatic heterocycles. The van der Waals surface area contributed by atoms with Crippen molar-refractivity contribution in [1.82, 2.24) is 5.32 Å². The van der Waals surface area contributed by atoms with Crippen LogP contribution in [0.3, 0.4) is 0 Å². The van der Waals surface area contributed by atoms with Crippen molar-refractivity contribution in [2.75, 3.05) is 0 Å². The SMILES string of the molecule is CCC(C)C(NC(=O)c1ccc(SC(F)F)cc1)C(=O)O. The van der Waals surface area contributed by atoms with E-state index in [2.05, 4.69) is 5.32 Å². The molecular weight excluding hydrogens is 300 g/mol. The number of nitrogens with one attached hydrogen (secondary N) is 1. The van der Waals surface area contributed by atoms with Crippen LogP contribution in [0.25, 0.3) is 0 Å². The van der Waals surface area contributed by atoms with Crippen LogP contribution in [0.1, 0.15) is 30.6 Å². The van der Waals surface area contributed by atoms with Gasteiger partial charge in [0.15, 0.2) is 0 Å². The quantitative estimate of drug-likeness (QED) is 0.758. The third-order valence-corrected chi connectivity index (χ3v) is 3.83. The highest BCUT2D eigenvalue weighted by molar-refractivity contribution is 7.99. The van der Waals surface area contributed by atoms with Crippen LogP contribution >= 0.6 is 11.8 Å². The third kappa shape index (κ3) is 5.34. The van der Waals surface area contributed by atoms with Crippen LogP contribution < -0.4 is 5.32 Å². The van der Waals surface area contributed by atoms with Crippen molar-refractivity contribution < 1.29 is 23.5 Å². The van der Waals surface area contributed by atoms with E-state index in [0.717, 1.165) is 0 Å². The lowest BCUT2D eigenvalue weighted by Crippen LogP contribution is -2.45. The normalized spacial score (nSPS) is 13.8. The smallest absolute Gasteiger partial charge is 0.326 e. The largest absolute Gasteiger partial charge is 0.480 e. The van der Waals surface area contributed by atoms with E-state index in [1.54, 1.807) is 6.92 Å². The van der Waals surface area contributed by atoms with E-state index in [1.807, 2.05) is 6.92 Å². The third-order valence-electron chi connectivity index (χ3n) is 3.11. The molecule has 0 saturated heterocycles. The Morgan fingerprint density at radius 1 is 1.29 bits per heavy atom. The van der Waals surface area contributed by atoms with Gasteiger partial charge in [0.05, 0.1) is 0 Å². The summed E-state index contributed by atoms with van der Waals surface area (Å²) in [4.78, 5) is 23.5. The summed E-state index contributed by atoms with van der Waals surface area (Å²) in [6, 6.07) is 4.64. The Morgan fingerprint density at radius 2 is 1.86 bits per heavy atom. The number of halogens is 2. The first kappa shape index (κ1) is 17.4. The molecule has 1 amide bonds. The summed E-state index contributed by atoms with van der Waals surface area (Å²) < 4.78 is 24.4. The van der Waals surface area contributed by atoms with Gasteiger partial charge in [0.1, 0.15) is 6.04 Å². The molecule has 0 fully saturated rings. The molecule has 0 saturated carbocycles. The van der Waals surface area contributed by atoms with Crippen molar-refractivity contribution in [3.8, 4) is 0 Å². The number of hydrogen-bond acceptors (Lipinski definition) is 3. The highest BCUT2D eigenvalue weighted by Gasteiger charge is 2.25. The molecule has 2 N–H and O–H groups in total. The van der Waals surface area contributed by atoms with Crippen molar-refractivity contribution in [3.63, 3.8) is 0 Å². The first-order chi connectivity index (χ1) is 9.85. The Balaban J connectivity index is 2.76. The minimum atomic E-state index is -2.52. The van der Waals surface area contributed by atoms with Gasteiger partial charge in [0.2, 0.25) is 0 Å². The molecule has 0 radical (unpaired) electrons. The van der Waals surface area contributed by atoms with Gasteiger partial charge in [-0.15, -0.1) is 0 Å². The number of alkyl halides is 2. The first-order valence-corrected chi connectivity index (χ1v) is 7.31. The van der Waals surface area contributed by atoms with E-state index in [4.69, 9.17) is 5.11 Å². The van der Waals surface area contributed by atoms with E-state index in [0.29, 0.717) is 23.1 Å². The molecule has 116 valence electrons. The average Bonchev–Trinajstić information content (AvgIpc) is 2.43. The average molecular weight is 317 g/mol. The number of carbonyl (C=O) groups excluding carboxylic acids is 1. The summed E-state index contributed by atoms with van der Waals surface area (Å²) in [5.41, 5.74) is 0.239. The number of hydrogen-bond donors (Lipinski definition) is 2. The van der Waals surface area contributed by atoms with Crippen molar-refractivity contribution in [3.05, 3.63) is 29.8 Å². The Morgan fingerprint density at radius 3 is 2.29 bits per heavy atom. The molecule has 4 nitrogen and oxygen atoms in total. The van der Waals surface area contributed by atoms with Crippen molar-refractivity contribution in [1.29, 1.82) is 0 Å². The van der Waals surface area contributed by atoms with Crippen molar-refractivity contribution in [2.24, 2.45) is 5.92 Å². The van der Waals surface area contributed by atoms with E-state index in [9.17, 15) is 18.4 Å². The lowest BCUT2D eigenvalue weighted by atomic mass is 9.99. The number of benzene rings is 1. The van der Waals surface area contributed by atoms with Crippen molar-refractivity contribution in [2.45, 2.75) is 37.0 Å². The molecule has 0 aliphatic carbocycles. The predicted molar refractivity (Wildman–Crippen MR) is 76.6 cm³/mol. The molecule has 0 aliphatic heterocycles. The fourth-order valence-corrected chi connectivity index (χ4v) is 2.19. The fraction of sp³-hybridized carbons (Fsp3) is 0.429. The van der Waals surface area contributed by atoms with Gasteiger partial charge in [-0.2, -0.15) is 8.78 Å². The maximum absolute atomic E-state index is 12.2.